The van der Waals surface area contributed by atoms with Gasteiger partial charge in [-0.25, -0.2) is 4.57 Å². The third-order valence-corrected chi connectivity index (χ3v) is 14.2. The van der Waals surface area contributed by atoms with Crippen LogP contribution < -0.4 is 5.32 Å². The molecule has 0 bridgehead atoms. The van der Waals surface area contributed by atoms with Crippen molar-refractivity contribution >= 4 is 13.7 Å². The molecule has 0 aromatic carbocycles. The van der Waals surface area contributed by atoms with Gasteiger partial charge in [0, 0.05) is 6.42 Å². The lowest BCUT2D eigenvalue weighted by Crippen LogP contribution is -2.51. The lowest BCUT2D eigenvalue weighted by atomic mass is 10.0. The molecule has 0 aromatic heterocycles. The predicted molar refractivity (Wildman–Crippen MR) is 287 cm³/mol. The maximum absolute atomic E-state index is 13.0. The van der Waals surface area contributed by atoms with Crippen LogP contribution in [0.15, 0.2) is 24.3 Å². The quantitative estimate of drug-likeness (QED) is 0.0207. The number of quaternary nitrogens is 1. The summed E-state index contributed by atoms with van der Waals surface area (Å²) in [7, 11) is 1.43. The largest absolute Gasteiger partial charge is 0.472 e. The summed E-state index contributed by atoms with van der Waals surface area (Å²) in [6.07, 6.45) is 57.1. The van der Waals surface area contributed by atoms with Gasteiger partial charge in [-0.3, -0.25) is 13.8 Å². The van der Waals surface area contributed by atoms with Crippen LogP contribution >= 0.6 is 7.82 Å². The zero-order valence-electron chi connectivity index (χ0n) is 45.0. The molecule has 0 aliphatic carbocycles. The van der Waals surface area contributed by atoms with Gasteiger partial charge in [0.15, 0.2) is 0 Å². The van der Waals surface area contributed by atoms with E-state index in [-0.39, 0.29) is 18.9 Å². The van der Waals surface area contributed by atoms with Gasteiger partial charge in [0.1, 0.15) is 19.3 Å². The molecule has 0 saturated heterocycles. The first-order valence-corrected chi connectivity index (χ1v) is 30.3. The highest BCUT2D eigenvalue weighted by Gasteiger charge is 2.31. The van der Waals surface area contributed by atoms with E-state index in [0.717, 1.165) is 32.1 Å². The molecule has 0 aliphatic heterocycles. The molecule has 4 atom stereocenters. The summed E-state index contributed by atoms with van der Waals surface area (Å²) in [6.45, 7) is 4.60. The fourth-order valence-electron chi connectivity index (χ4n) is 8.67. The van der Waals surface area contributed by atoms with Crippen LogP contribution in [0.5, 0.6) is 0 Å². The number of amides is 1. The van der Waals surface area contributed by atoms with E-state index in [1.807, 2.05) is 21.1 Å². The van der Waals surface area contributed by atoms with Crippen LogP contribution in [0.2, 0.25) is 0 Å². The Hall–Kier alpha value is -1.06. The number of aliphatic hydroxyl groups is 2. The van der Waals surface area contributed by atoms with Crippen molar-refractivity contribution in [2.24, 2.45) is 0 Å². The maximum atomic E-state index is 13.0. The van der Waals surface area contributed by atoms with Gasteiger partial charge in [0.2, 0.25) is 5.91 Å². The second kappa shape index (κ2) is 48.6. The lowest BCUT2D eigenvalue weighted by Gasteiger charge is -2.28. The second-order valence-corrected chi connectivity index (χ2v) is 22.6. The average Bonchev–Trinajstić information content (AvgIpc) is 3.29. The Morgan fingerprint density at radius 1 is 0.507 bits per heavy atom. The van der Waals surface area contributed by atoms with Crippen molar-refractivity contribution in [2.45, 2.75) is 295 Å². The summed E-state index contributed by atoms with van der Waals surface area (Å²) in [5.74, 6) is -0.264. The van der Waals surface area contributed by atoms with Crippen LogP contribution in [0.4, 0.5) is 0 Å². The summed E-state index contributed by atoms with van der Waals surface area (Å²) >= 11 is 0. The normalized spacial score (nSPS) is 14.6. The topological polar surface area (TPSA) is 125 Å². The Morgan fingerprint density at radius 2 is 0.836 bits per heavy atom. The van der Waals surface area contributed by atoms with Gasteiger partial charge < -0.3 is 24.9 Å². The van der Waals surface area contributed by atoms with Gasteiger partial charge in [0.25, 0.3) is 0 Å². The predicted octanol–water partition coefficient (Wildman–Crippen LogP) is 16.2. The Bertz CT molecular complexity index is 1160. The van der Waals surface area contributed by atoms with E-state index in [0.29, 0.717) is 23.9 Å². The molecule has 4 unspecified atom stereocenters. The summed E-state index contributed by atoms with van der Waals surface area (Å²) in [5.41, 5.74) is 0. The number of allylic oxidation sites excluding steroid dienone is 4. The van der Waals surface area contributed by atoms with Crippen molar-refractivity contribution in [1.82, 2.24) is 5.32 Å². The number of aliphatic hydroxyl groups excluding tert-OH is 2. The maximum Gasteiger partial charge on any atom is 0.472 e. The summed E-state index contributed by atoms with van der Waals surface area (Å²) < 4.78 is 23.6. The molecule has 9 nitrogen and oxygen atoms in total. The van der Waals surface area contributed by atoms with Crippen LogP contribution in [0.25, 0.3) is 0 Å². The molecular formula is C57H114N2O7P+. The summed E-state index contributed by atoms with van der Waals surface area (Å²) in [4.78, 5) is 23.3. The molecule has 0 heterocycles. The van der Waals surface area contributed by atoms with Crippen LogP contribution in [0.3, 0.4) is 0 Å². The highest BCUT2D eigenvalue weighted by molar-refractivity contribution is 7.47. The van der Waals surface area contributed by atoms with Crippen molar-refractivity contribution in [3.8, 4) is 0 Å². The average molecular weight is 971 g/mol. The number of hydrogen-bond donors (Lipinski definition) is 4. The molecule has 0 radical (unpaired) electrons. The highest BCUT2D eigenvalue weighted by atomic mass is 31.2. The first-order chi connectivity index (χ1) is 32.4. The van der Waals surface area contributed by atoms with Crippen molar-refractivity contribution in [3.05, 3.63) is 24.3 Å². The Kier molecular flexibility index (Phi) is 47.8. The van der Waals surface area contributed by atoms with E-state index >= 15 is 0 Å². The number of rotatable bonds is 53. The minimum atomic E-state index is -4.42. The van der Waals surface area contributed by atoms with Crippen molar-refractivity contribution in [3.63, 3.8) is 0 Å². The number of phosphoric ester groups is 1. The molecular weight excluding hydrogens is 856 g/mol. The third-order valence-electron chi connectivity index (χ3n) is 13.3. The number of carbonyl (C=O) groups excluding carboxylic acids is 1. The minimum absolute atomic E-state index is 0.0184. The highest BCUT2D eigenvalue weighted by Crippen LogP contribution is 2.43. The summed E-state index contributed by atoms with van der Waals surface area (Å²) in [6, 6.07) is -1.05. The molecule has 0 spiro atoms. The minimum Gasteiger partial charge on any atom is -0.390 e. The number of nitrogens with one attached hydrogen (secondary N) is 1. The number of likely N-dealkylation sites (N-methyl/N-ethyl adjacent to an activating group) is 1. The van der Waals surface area contributed by atoms with E-state index < -0.39 is 32.7 Å². The van der Waals surface area contributed by atoms with E-state index in [1.165, 1.54) is 212 Å². The molecule has 0 rings (SSSR count). The molecule has 0 fully saturated rings. The van der Waals surface area contributed by atoms with Crippen molar-refractivity contribution < 1.29 is 38.0 Å². The van der Waals surface area contributed by atoms with Crippen LogP contribution in [0.1, 0.15) is 277 Å². The van der Waals surface area contributed by atoms with E-state index in [9.17, 15) is 24.5 Å². The number of phosphoric acid groups is 1. The Balaban J connectivity index is 4.09. The van der Waals surface area contributed by atoms with E-state index in [2.05, 4.69) is 43.5 Å². The fourth-order valence-corrected chi connectivity index (χ4v) is 9.41. The van der Waals surface area contributed by atoms with Gasteiger partial charge in [0.05, 0.1) is 39.9 Å². The molecule has 10 heteroatoms. The summed E-state index contributed by atoms with van der Waals surface area (Å²) in [5, 5.41) is 24.8. The molecule has 1 amide bonds. The zero-order chi connectivity index (χ0) is 49.4. The monoisotopic (exact) mass is 970 g/mol. The first kappa shape index (κ1) is 65.9. The second-order valence-electron chi connectivity index (χ2n) is 21.1. The van der Waals surface area contributed by atoms with Gasteiger partial charge in [-0.05, 0) is 64.2 Å². The number of nitrogens with zero attached hydrogens (tertiary/aromatic N) is 1. The smallest absolute Gasteiger partial charge is 0.390 e. The molecule has 398 valence electrons. The fraction of sp³-hybridized carbons (Fsp3) is 0.912. The molecule has 4 N–H and O–H groups in total. The van der Waals surface area contributed by atoms with Crippen LogP contribution in [-0.2, 0) is 18.4 Å². The van der Waals surface area contributed by atoms with Gasteiger partial charge in [-0.2, -0.15) is 0 Å². The van der Waals surface area contributed by atoms with Gasteiger partial charge >= 0.3 is 7.82 Å². The van der Waals surface area contributed by atoms with Gasteiger partial charge in [-0.1, -0.05) is 231 Å². The number of hydrogen-bond acceptors (Lipinski definition) is 6. The Labute approximate surface area is 416 Å². The van der Waals surface area contributed by atoms with Crippen molar-refractivity contribution in [2.75, 3.05) is 40.9 Å². The van der Waals surface area contributed by atoms with Crippen LogP contribution in [-0.4, -0.2) is 84.6 Å². The number of carbonyl (C=O) groups is 1. The van der Waals surface area contributed by atoms with E-state index in [1.54, 1.807) is 0 Å². The zero-order valence-corrected chi connectivity index (χ0v) is 45.9. The standard InChI is InChI=1S/C57H113N2O7P/c1-6-8-10-12-14-16-18-20-21-22-23-24-25-26-27-28-29-30-31-32-33-34-35-36-37-38-40-42-44-46-48-50-56(61)58-54(53-66-67(63,64)65-52-51-59(3,4)5)57(62)55(60)49-47-45-43-41-39-19-17-15-13-11-9-7-2/h22-23,41,43,54-55,57,60,62H,6-21,24-40,42,44-53H2,1-5H3,(H-,58,61,63,64)/p+1/b23-22-,43-41+. The van der Waals surface area contributed by atoms with Crippen LogP contribution in [0, 0.1) is 0 Å². The van der Waals surface area contributed by atoms with Crippen molar-refractivity contribution in [1.29, 1.82) is 0 Å². The number of unbranched alkanes of at least 4 members (excludes halogenated alkanes) is 35. The Morgan fingerprint density at radius 3 is 1.19 bits per heavy atom. The molecule has 0 saturated carbocycles. The van der Waals surface area contributed by atoms with E-state index in [4.69, 9.17) is 9.05 Å². The third kappa shape index (κ3) is 49.7. The molecule has 67 heavy (non-hydrogen) atoms. The SMILES string of the molecule is CCCCCCCCC/C=C/CCCC(O)C(O)C(COP(=O)(O)OCC[N+](C)(C)C)NC(=O)CCCCCCCCCCCCCCCCCCCCC/C=C\CCCCCCCCCC. The first-order valence-electron chi connectivity index (χ1n) is 28.8. The van der Waals surface area contributed by atoms with Gasteiger partial charge in [-0.15, -0.1) is 0 Å². The lowest BCUT2D eigenvalue weighted by molar-refractivity contribution is -0.870. The molecule has 0 aliphatic rings. The molecule has 0 aromatic rings.